The number of hydrazine groups is 1. The summed E-state index contributed by atoms with van der Waals surface area (Å²) in [5, 5.41) is 2.63. The van der Waals surface area contributed by atoms with Gasteiger partial charge in [-0.15, -0.1) is 0 Å². The number of halogens is 1. The van der Waals surface area contributed by atoms with Crippen LogP contribution in [0.1, 0.15) is 13.8 Å². The van der Waals surface area contributed by atoms with Crippen LogP contribution in [-0.4, -0.2) is 35.9 Å². The fraction of sp³-hybridized carbons (Fsp3) is 0.556. The number of nitrogens with two attached hydrogens (primary N) is 1. The molecule has 0 aliphatic carbocycles. The number of hydrogen-bond donors (Lipinski definition) is 3. The molecular formula is C9H16FN5O2S. The smallest absolute Gasteiger partial charge is 0.239 e. The Morgan fingerprint density at radius 1 is 1.50 bits per heavy atom. The van der Waals surface area contributed by atoms with Gasteiger partial charge in [-0.2, -0.15) is 4.98 Å². The van der Waals surface area contributed by atoms with Crippen molar-refractivity contribution in [3.05, 3.63) is 12.0 Å². The third-order valence-electron chi connectivity index (χ3n) is 2.56. The zero-order valence-corrected chi connectivity index (χ0v) is 11.2. The van der Waals surface area contributed by atoms with Crippen molar-refractivity contribution in [3.8, 4) is 0 Å². The van der Waals surface area contributed by atoms with E-state index in [2.05, 4.69) is 20.7 Å². The Balaban J connectivity index is 2.87. The quantitative estimate of drug-likeness (QED) is 0.518. The van der Waals surface area contributed by atoms with Crippen LogP contribution < -0.4 is 16.6 Å². The van der Waals surface area contributed by atoms with E-state index in [9.17, 15) is 12.8 Å². The van der Waals surface area contributed by atoms with Gasteiger partial charge in [-0.1, -0.05) is 0 Å². The fourth-order valence-electron chi connectivity index (χ4n) is 0.988. The maximum Gasteiger partial charge on any atom is 0.239 e. The fourth-order valence-corrected chi connectivity index (χ4v) is 1.32. The van der Waals surface area contributed by atoms with Crippen LogP contribution in [0.2, 0.25) is 0 Å². The summed E-state index contributed by atoms with van der Waals surface area (Å²) in [7, 11) is -3.27. The minimum Gasteiger partial charge on any atom is -0.366 e. The predicted molar refractivity (Wildman–Crippen MR) is 67.2 cm³/mol. The van der Waals surface area contributed by atoms with E-state index >= 15 is 0 Å². The van der Waals surface area contributed by atoms with Crippen LogP contribution in [0, 0.1) is 5.82 Å². The molecule has 1 heterocycles. The lowest BCUT2D eigenvalue weighted by molar-refractivity contribution is 0.557. The van der Waals surface area contributed by atoms with Gasteiger partial charge in [-0.3, -0.25) is 5.43 Å². The van der Waals surface area contributed by atoms with Crippen LogP contribution >= 0.6 is 0 Å². The molecule has 102 valence electrons. The summed E-state index contributed by atoms with van der Waals surface area (Å²) in [5.41, 5.74) is 2.17. The minimum absolute atomic E-state index is 0.0176. The molecule has 0 fully saturated rings. The molecule has 0 bridgehead atoms. The molecular weight excluding hydrogens is 261 g/mol. The van der Waals surface area contributed by atoms with Gasteiger partial charge in [0.15, 0.2) is 21.5 Å². The Kier molecular flexibility index (Phi) is 4.07. The van der Waals surface area contributed by atoms with Gasteiger partial charge in [0.2, 0.25) is 5.95 Å². The molecule has 1 aromatic rings. The second kappa shape index (κ2) is 5.02. The van der Waals surface area contributed by atoms with E-state index in [1.165, 1.54) is 13.8 Å². The van der Waals surface area contributed by atoms with E-state index in [1.807, 2.05) is 0 Å². The molecule has 0 saturated heterocycles. The van der Waals surface area contributed by atoms with Gasteiger partial charge in [-0.25, -0.2) is 23.6 Å². The van der Waals surface area contributed by atoms with Crippen molar-refractivity contribution >= 4 is 21.6 Å². The Labute approximate surface area is 105 Å². The summed E-state index contributed by atoms with van der Waals surface area (Å²) in [4.78, 5) is 7.32. The summed E-state index contributed by atoms with van der Waals surface area (Å²) >= 11 is 0. The van der Waals surface area contributed by atoms with E-state index in [1.54, 1.807) is 0 Å². The van der Waals surface area contributed by atoms with Crippen molar-refractivity contribution in [1.82, 2.24) is 9.97 Å². The number of nitrogens with one attached hydrogen (secondary N) is 2. The van der Waals surface area contributed by atoms with Gasteiger partial charge in [0.05, 0.1) is 10.9 Å². The first-order chi connectivity index (χ1) is 8.17. The van der Waals surface area contributed by atoms with Gasteiger partial charge in [0.1, 0.15) is 0 Å². The van der Waals surface area contributed by atoms with Crippen molar-refractivity contribution < 1.29 is 12.8 Å². The average molecular weight is 277 g/mol. The molecule has 0 aliphatic heterocycles. The van der Waals surface area contributed by atoms with Crippen molar-refractivity contribution in [2.45, 2.75) is 18.6 Å². The summed E-state index contributed by atoms with van der Waals surface area (Å²) in [6, 6.07) is 0. The van der Waals surface area contributed by atoms with E-state index in [-0.39, 0.29) is 18.3 Å². The standard InChI is InChI=1S/C9H16FN5O2S/c1-9(2,18(3,16)17)5-13-7-6(10)4-12-8(14-7)15-11/h4H,5,11H2,1-3H3,(H2,12,13,14,15). The Morgan fingerprint density at radius 2 is 2.11 bits per heavy atom. The molecule has 0 aliphatic rings. The number of nitrogen functional groups attached to an aromatic ring is 1. The molecule has 0 atom stereocenters. The maximum atomic E-state index is 13.4. The lowest BCUT2D eigenvalue weighted by Gasteiger charge is -2.23. The number of anilines is 2. The van der Waals surface area contributed by atoms with Crippen molar-refractivity contribution in [2.24, 2.45) is 5.84 Å². The molecule has 9 heteroatoms. The number of hydrogen-bond acceptors (Lipinski definition) is 7. The number of rotatable bonds is 5. The Hall–Kier alpha value is -1.48. The third-order valence-corrected chi connectivity index (χ3v) is 4.71. The highest BCUT2D eigenvalue weighted by atomic mass is 32.2. The van der Waals surface area contributed by atoms with E-state index in [4.69, 9.17) is 5.84 Å². The van der Waals surface area contributed by atoms with Crippen molar-refractivity contribution in [1.29, 1.82) is 0 Å². The van der Waals surface area contributed by atoms with E-state index in [0.29, 0.717) is 0 Å². The number of nitrogens with zero attached hydrogens (tertiary/aromatic N) is 2. The Morgan fingerprint density at radius 3 is 2.61 bits per heavy atom. The van der Waals surface area contributed by atoms with Gasteiger partial charge in [-0.05, 0) is 13.8 Å². The zero-order chi connectivity index (χ0) is 14.0. The monoisotopic (exact) mass is 277 g/mol. The van der Waals surface area contributed by atoms with Crippen LogP contribution in [0.25, 0.3) is 0 Å². The van der Waals surface area contributed by atoms with Crippen molar-refractivity contribution in [2.75, 3.05) is 23.5 Å². The molecule has 0 saturated carbocycles. The molecule has 18 heavy (non-hydrogen) atoms. The summed E-state index contributed by atoms with van der Waals surface area (Å²) in [5.74, 6) is 4.35. The normalized spacial score (nSPS) is 12.3. The van der Waals surface area contributed by atoms with Crippen LogP contribution in [0.3, 0.4) is 0 Å². The first-order valence-electron chi connectivity index (χ1n) is 5.10. The average Bonchev–Trinajstić information content (AvgIpc) is 2.26. The zero-order valence-electron chi connectivity index (χ0n) is 10.4. The molecule has 0 aromatic carbocycles. The molecule has 4 N–H and O–H groups in total. The Bertz CT molecular complexity index is 532. The van der Waals surface area contributed by atoms with Crippen molar-refractivity contribution in [3.63, 3.8) is 0 Å². The minimum atomic E-state index is -3.27. The highest BCUT2D eigenvalue weighted by Crippen LogP contribution is 2.17. The first kappa shape index (κ1) is 14.6. The molecule has 0 radical (unpaired) electrons. The van der Waals surface area contributed by atoms with Gasteiger partial charge >= 0.3 is 0 Å². The lowest BCUT2D eigenvalue weighted by atomic mass is 10.2. The number of sulfone groups is 1. The summed E-state index contributed by atoms with van der Waals surface area (Å²) < 4.78 is 35.3. The SMILES string of the molecule is CC(C)(CNc1nc(NN)ncc1F)S(C)(=O)=O. The third kappa shape index (κ3) is 3.26. The van der Waals surface area contributed by atoms with Gasteiger partial charge in [0, 0.05) is 12.8 Å². The van der Waals surface area contributed by atoms with Crippen LogP contribution in [-0.2, 0) is 9.84 Å². The second-order valence-electron chi connectivity index (χ2n) is 4.42. The molecule has 1 aromatic heterocycles. The lowest BCUT2D eigenvalue weighted by Crippen LogP contribution is -2.38. The highest BCUT2D eigenvalue weighted by molar-refractivity contribution is 7.92. The maximum absolute atomic E-state index is 13.4. The van der Waals surface area contributed by atoms with Gasteiger partial charge < -0.3 is 5.32 Å². The molecule has 7 nitrogen and oxygen atoms in total. The predicted octanol–water partition coefficient (Wildman–Crippen LogP) is 0.136. The molecule has 1 rings (SSSR count). The summed E-state index contributed by atoms with van der Waals surface area (Å²) in [6.07, 6.45) is 2.07. The molecule has 0 unspecified atom stereocenters. The topological polar surface area (TPSA) is 110 Å². The molecule has 0 amide bonds. The highest BCUT2D eigenvalue weighted by Gasteiger charge is 2.30. The van der Waals surface area contributed by atoms with Crippen LogP contribution in [0.15, 0.2) is 6.20 Å². The van der Waals surface area contributed by atoms with Crippen LogP contribution in [0.5, 0.6) is 0 Å². The van der Waals surface area contributed by atoms with E-state index < -0.39 is 20.4 Å². The summed E-state index contributed by atoms with van der Waals surface area (Å²) in [6.45, 7) is 3.09. The largest absolute Gasteiger partial charge is 0.366 e. The van der Waals surface area contributed by atoms with E-state index in [0.717, 1.165) is 12.5 Å². The van der Waals surface area contributed by atoms with Gasteiger partial charge in [0.25, 0.3) is 0 Å². The molecule has 0 spiro atoms. The second-order valence-corrected chi connectivity index (χ2v) is 7.07. The number of aromatic nitrogens is 2. The van der Waals surface area contributed by atoms with Crippen LogP contribution in [0.4, 0.5) is 16.2 Å². The first-order valence-corrected chi connectivity index (χ1v) is 6.99.